The summed E-state index contributed by atoms with van der Waals surface area (Å²) >= 11 is 0. The van der Waals surface area contributed by atoms with E-state index in [0.29, 0.717) is 0 Å². The Balaban J connectivity index is 2.21. The molecular weight excluding hydrogens is 192 g/mol. The highest BCUT2D eigenvalue weighted by molar-refractivity contribution is 6.01. The zero-order valence-corrected chi connectivity index (χ0v) is 8.19. The minimum absolute atomic E-state index is 0.291. The number of carbonyl (C=O) groups is 2. The van der Waals surface area contributed by atoms with Crippen molar-refractivity contribution in [3.63, 3.8) is 0 Å². The lowest BCUT2D eigenvalue weighted by atomic mass is 9.95. The molecule has 3 N–H and O–H groups in total. The molecule has 78 valence electrons. The Hall–Kier alpha value is -1.84. The van der Waals surface area contributed by atoms with E-state index < -0.39 is 11.4 Å². The molecule has 4 nitrogen and oxygen atoms in total. The average molecular weight is 204 g/mol. The minimum atomic E-state index is -0.790. The fourth-order valence-corrected chi connectivity index (χ4v) is 1.76. The Morgan fingerprint density at radius 1 is 1.20 bits per heavy atom. The predicted octanol–water partition coefficient (Wildman–Crippen LogP) is 0.913. The van der Waals surface area contributed by atoms with E-state index >= 15 is 0 Å². The standard InChI is InChI=1S/C11H12N2O2/c12-10(15)13-9(14)11(6-7-11)8-4-2-1-3-5-8/h1-5H,6-7H2,(H3,12,13,14,15). The molecule has 3 amide bonds. The van der Waals surface area contributed by atoms with Gasteiger partial charge in [-0.05, 0) is 18.4 Å². The molecule has 0 aliphatic heterocycles. The van der Waals surface area contributed by atoms with Gasteiger partial charge in [0.15, 0.2) is 0 Å². The zero-order chi connectivity index (χ0) is 10.9. The molecule has 1 aliphatic carbocycles. The second kappa shape index (κ2) is 3.38. The summed E-state index contributed by atoms with van der Waals surface area (Å²) < 4.78 is 0. The van der Waals surface area contributed by atoms with E-state index in [1.807, 2.05) is 30.3 Å². The molecule has 0 radical (unpaired) electrons. The maximum absolute atomic E-state index is 11.7. The Bertz CT molecular complexity index is 396. The van der Waals surface area contributed by atoms with E-state index in [1.54, 1.807) is 0 Å². The van der Waals surface area contributed by atoms with Crippen molar-refractivity contribution < 1.29 is 9.59 Å². The van der Waals surface area contributed by atoms with Crippen LogP contribution in [0.4, 0.5) is 4.79 Å². The van der Waals surface area contributed by atoms with Gasteiger partial charge in [0.2, 0.25) is 5.91 Å². The van der Waals surface area contributed by atoms with Crippen molar-refractivity contribution in [3.8, 4) is 0 Å². The number of carbonyl (C=O) groups excluding carboxylic acids is 2. The number of primary amides is 1. The summed E-state index contributed by atoms with van der Waals surface area (Å²) in [6.45, 7) is 0. The van der Waals surface area contributed by atoms with Crippen LogP contribution in [0.15, 0.2) is 30.3 Å². The van der Waals surface area contributed by atoms with E-state index in [4.69, 9.17) is 5.73 Å². The molecule has 1 aromatic rings. The first kappa shape index (κ1) is 9.71. The van der Waals surface area contributed by atoms with Gasteiger partial charge in [0, 0.05) is 0 Å². The maximum Gasteiger partial charge on any atom is 0.318 e. The van der Waals surface area contributed by atoms with Gasteiger partial charge in [-0.15, -0.1) is 0 Å². The minimum Gasteiger partial charge on any atom is -0.351 e. The maximum atomic E-state index is 11.7. The second-order valence-electron chi connectivity index (χ2n) is 3.77. The lowest BCUT2D eigenvalue weighted by Crippen LogP contribution is -2.41. The average Bonchev–Trinajstić information content (AvgIpc) is 2.99. The summed E-state index contributed by atoms with van der Waals surface area (Å²) in [7, 11) is 0. The molecule has 1 aromatic carbocycles. The lowest BCUT2D eigenvalue weighted by Gasteiger charge is -2.13. The molecule has 0 atom stereocenters. The molecule has 0 unspecified atom stereocenters. The van der Waals surface area contributed by atoms with Gasteiger partial charge in [-0.25, -0.2) is 4.79 Å². The van der Waals surface area contributed by atoms with E-state index in [1.165, 1.54) is 0 Å². The molecule has 0 heterocycles. The Labute approximate surface area is 87.5 Å². The number of nitrogens with two attached hydrogens (primary N) is 1. The molecule has 0 bridgehead atoms. The van der Waals surface area contributed by atoms with Crippen LogP contribution >= 0.6 is 0 Å². The van der Waals surface area contributed by atoms with Crippen molar-refractivity contribution >= 4 is 11.9 Å². The third-order valence-corrected chi connectivity index (χ3v) is 2.75. The van der Waals surface area contributed by atoms with E-state index in [0.717, 1.165) is 18.4 Å². The first-order valence-electron chi connectivity index (χ1n) is 4.81. The molecule has 2 rings (SSSR count). The second-order valence-corrected chi connectivity index (χ2v) is 3.77. The van der Waals surface area contributed by atoms with Crippen molar-refractivity contribution in [2.75, 3.05) is 0 Å². The number of nitrogens with one attached hydrogen (secondary N) is 1. The van der Waals surface area contributed by atoms with Crippen LogP contribution in [0, 0.1) is 0 Å². The largest absolute Gasteiger partial charge is 0.351 e. The van der Waals surface area contributed by atoms with Crippen LogP contribution in [-0.2, 0) is 10.2 Å². The molecule has 1 saturated carbocycles. The van der Waals surface area contributed by atoms with E-state index in [9.17, 15) is 9.59 Å². The fourth-order valence-electron chi connectivity index (χ4n) is 1.76. The number of hydrogen-bond acceptors (Lipinski definition) is 2. The zero-order valence-electron chi connectivity index (χ0n) is 8.19. The van der Waals surface area contributed by atoms with E-state index in [2.05, 4.69) is 5.32 Å². The highest BCUT2D eigenvalue weighted by Crippen LogP contribution is 2.48. The summed E-state index contributed by atoms with van der Waals surface area (Å²) in [4.78, 5) is 22.3. The highest BCUT2D eigenvalue weighted by Gasteiger charge is 2.51. The smallest absolute Gasteiger partial charge is 0.318 e. The molecule has 1 aliphatic rings. The molecule has 0 aromatic heterocycles. The summed E-state index contributed by atoms with van der Waals surface area (Å²) in [6.07, 6.45) is 1.55. The molecule has 0 spiro atoms. The van der Waals surface area contributed by atoms with E-state index in [-0.39, 0.29) is 5.91 Å². The molecule has 0 saturated heterocycles. The topological polar surface area (TPSA) is 72.2 Å². The number of urea groups is 1. The van der Waals surface area contributed by atoms with Crippen molar-refractivity contribution in [1.82, 2.24) is 5.32 Å². The van der Waals surface area contributed by atoms with Gasteiger partial charge in [0.1, 0.15) is 0 Å². The van der Waals surface area contributed by atoms with Crippen molar-refractivity contribution in [1.29, 1.82) is 0 Å². The normalized spacial score (nSPS) is 16.8. The fraction of sp³-hybridized carbons (Fsp3) is 0.273. The summed E-state index contributed by atoms with van der Waals surface area (Å²) in [5.74, 6) is -0.291. The van der Waals surface area contributed by atoms with Gasteiger partial charge < -0.3 is 5.73 Å². The van der Waals surface area contributed by atoms with Gasteiger partial charge in [-0.2, -0.15) is 0 Å². The van der Waals surface area contributed by atoms with Crippen molar-refractivity contribution in [3.05, 3.63) is 35.9 Å². The summed E-state index contributed by atoms with van der Waals surface area (Å²) in [6, 6.07) is 8.66. The SMILES string of the molecule is NC(=O)NC(=O)C1(c2ccccc2)CC1. The van der Waals surface area contributed by atoms with Crippen LogP contribution in [0.3, 0.4) is 0 Å². The Morgan fingerprint density at radius 2 is 1.80 bits per heavy atom. The molecule has 1 fully saturated rings. The monoisotopic (exact) mass is 204 g/mol. The van der Waals surface area contributed by atoms with Gasteiger partial charge in [-0.1, -0.05) is 30.3 Å². The van der Waals surface area contributed by atoms with Crippen LogP contribution in [0.1, 0.15) is 18.4 Å². The van der Waals surface area contributed by atoms with Crippen molar-refractivity contribution in [2.24, 2.45) is 5.73 Å². The lowest BCUT2D eigenvalue weighted by molar-refractivity contribution is -0.122. The third-order valence-electron chi connectivity index (χ3n) is 2.75. The number of benzene rings is 1. The summed E-state index contributed by atoms with van der Waals surface area (Å²) in [5.41, 5.74) is 5.36. The van der Waals surface area contributed by atoms with Crippen molar-refractivity contribution in [2.45, 2.75) is 18.3 Å². The number of imide groups is 1. The quantitative estimate of drug-likeness (QED) is 0.751. The number of rotatable bonds is 2. The molecular formula is C11H12N2O2. The highest BCUT2D eigenvalue weighted by atomic mass is 16.2. The molecule has 4 heteroatoms. The van der Waals surface area contributed by atoms with Gasteiger partial charge in [0.05, 0.1) is 5.41 Å². The van der Waals surface area contributed by atoms with Crippen LogP contribution in [-0.4, -0.2) is 11.9 Å². The molecule has 15 heavy (non-hydrogen) atoms. The Morgan fingerprint density at radius 3 is 2.27 bits per heavy atom. The van der Waals surface area contributed by atoms with Crippen LogP contribution in [0.2, 0.25) is 0 Å². The summed E-state index contributed by atoms with van der Waals surface area (Å²) in [5, 5.41) is 2.14. The van der Waals surface area contributed by atoms with Gasteiger partial charge in [0.25, 0.3) is 0 Å². The number of hydrogen-bond donors (Lipinski definition) is 2. The Kier molecular flexibility index (Phi) is 2.19. The number of amides is 3. The van der Waals surface area contributed by atoms with Crippen LogP contribution in [0.5, 0.6) is 0 Å². The third kappa shape index (κ3) is 1.70. The first-order valence-corrected chi connectivity index (χ1v) is 4.81. The van der Waals surface area contributed by atoms with Crippen LogP contribution < -0.4 is 11.1 Å². The predicted molar refractivity (Wildman–Crippen MR) is 55.1 cm³/mol. The van der Waals surface area contributed by atoms with Gasteiger partial charge in [-0.3, -0.25) is 10.1 Å². The van der Waals surface area contributed by atoms with Crippen LogP contribution in [0.25, 0.3) is 0 Å². The van der Waals surface area contributed by atoms with Gasteiger partial charge >= 0.3 is 6.03 Å². The first-order chi connectivity index (χ1) is 7.15.